The van der Waals surface area contributed by atoms with Crippen molar-refractivity contribution in [2.75, 3.05) is 13.1 Å². The molecule has 0 radical (unpaired) electrons. The van der Waals surface area contributed by atoms with Crippen LogP contribution in [0.5, 0.6) is 0 Å². The highest BCUT2D eigenvalue weighted by Gasteiger charge is 2.27. The summed E-state index contributed by atoms with van der Waals surface area (Å²) in [5.74, 6) is -0.709. The summed E-state index contributed by atoms with van der Waals surface area (Å²) >= 11 is 5.86. The normalized spacial score (nSPS) is 11.7. The first kappa shape index (κ1) is 15.9. The number of halogens is 1. The fraction of sp³-hybridized carbons (Fsp3) is 0.455. The molecule has 6 nitrogen and oxygen atoms in total. The molecule has 106 valence electrons. The van der Waals surface area contributed by atoms with E-state index in [2.05, 4.69) is 4.98 Å². The number of carbonyl (C=O) groups excluding carboxylic acids is 1. The highest BCUT2D eigenvalue weighted by Crippen LogP contribution is 2.23. The van der Waals surface area contributed by atoms with Gasteiger partial charge in [-0.1, -0.05) is 24.9 Å². The van der Waals surface area contributed by atoms with Gasteiger partial charge in [-0.2, -0.15) is 4.31 Å². The third-order valence-electron chi connectivity index (χ3n) is 2.45. The second-order valence-corrected chi connectivity index (χ2v) is 6.28. The first-order chi connectivity index (χ1) is 8.89. The average molecular weight is 306 g/mol. The van der Waals surface area contributed by atoms with E-state index < -0.39 is 15.9 Å². The Balaban J connectivity index is 3.12. The number of nitrogens with zero attached hydrogens (tertiary/aromatic N) is 2. The molecule has 1 rings (SSSR count). The number of pyridine rings is 1. The summed E-state index contributed by atoms with van der Waals surface area (Å²) < 4.78 is 25.8. The minimum atomic E-state index is -3.86. The molecule has 8 heteroatoms. The van der Waals surface area contributed by atoms with Crippen LogP contribution in [0.1, 0.15) is 19.8 Å². The fourth-order valence-corrected chi connectivity index (χ4v) is 3.34. The van der Waals surface area contributed by atoms with Gasteiger partial charge in [0.25, 0.3) is 0 Å². The molecular weight excluding hydrogens is 290 g/mol. The number of rotatable bonds is 7. The summed E-state index contributed by atoms with van der Waals surface area (Å²) in [6, 6.07) is 1.39. The zero-order valence-corrected chi connectivity index (χ0v) is 12.1. The lowest BCUT2D eigenvalue weighted by Crippen LogP contribution is -2.39. The van der Waals surface area contributed by atoms with Crippen molar-refractivity contribution >= 4 is 27.5 Å². The lowest BCUT2D eigenvalue weighted by molar-refractivity contribution is -0.118. The van der Waals surface area contributed by atoms with Crippen LogP contribution >= 0.6 is 11.6 Å². The van der Waals surface area contributed by atoms with E-state index in [1.807, 2.05) is 6.92 Å². The third-order valence-corrected chi connectivity index (χ3v) is 4.76. The van der Waals surface area contributed by atoms with Gasteiger partial charge in [-0.05, 0) is 12.5 Å². The maximum atomic E-state index is 12.4. The highest BCUT2D eigenvalue weighted by molar-refractivity contribution is 7.89. The Kier molecular flexibility index (Phi) is 5.71. The molecule has 0 saturated carbocycles. The number of sulfonamides is 1. The van der Waals surface area contributed by atoms with Crippen molar-refractivity contribution in [2.45, 2.75) is 24.7 Å². The maximum Gasteiger partial charge on any atom is 0.246 e. The van der Waals surface area contributed by atoms with Gasteiger partial charge in [-0.3, -0.25) is 9.78 Å². The smallest absolute Gasteiger partial charge is 0.246 e. The number of nitrogens with two attached hydrogens (primary N) is 1. The Labute approximate surface area is 117 Å². The zero-order chi connectivity index (χ0) is 14.5. The van der Waals surface area contributed by atoms with Crippen LogP contribution in [0.15, 0.2) is 23.4 Å². The summed E-state index contributed by atoms with van der Waals surface area (Å²) in [5.41, 5.74) is 5.08. The van der Waals surface area contributed by atoms with Crippen molar-refractivity contribution in [1.29, 1.82) is 0 Å². The maximum absolute atomic E-state index is 12.4. The molecule has 1 aromatic rings. The third kappa shape index (κ3) is 4.15. The Bertz CT molecular complexity index is 548. The van der Waals surface area contributed by atoms with Crippen LogP contribution in [0.25, 0.3) is 0 Å². The Hall–Kier alpha value is -1.18. The molecule has 0 aliphatic rings. The van der Waals surface area contributed by atoms with Crippen molar-refractivity contribution in [1.82, 2.24) is 9.29 Å². The van der Waals surface area contributed by atoms with E-state index in [1.54, 1.807) is 0 Å². The Morgan fingerprint density at radius 2 is 2.21 bits per heavy atom. The molecule has 2 N–H and O–H groups in total. The number of unbranched alkanes of at least 4 members (excludes halogenated alkanes) is 1. The lowest BCUT2D eigenvalue weighted by atomic mass is 10.3. The van der Waals surface area contributed by atoms with Crippen LogP contribution in [0.3, 0.4) is 0 Å². The van der Waals surface area contributed by atoms with Crippen molar-refractivity contribution in [2.24, 2.45) is 5.73 Å². The molecule has 0 fully saturated rings. The summed E-state index contributed by atoms with van der Waals surface area (Å²) in [7, 11) is -3.86. The molecule has 0 saturated heterocycles. The number of hydrogen-bond acceptors (Lipinski definition) is 4. The predicted molar refractivity (Wildman–Crippen MR) is 72.1 cm³/mol. The summed E-state index contributed by atoms with van der Waals surface area (Å²) in [4.78, 5) is 14.6. The van der Waals surface area contributed by atoms with Gasteiger partial charge in [0.05, 0.1) is 11.6 Å². The van der Waals surface area contributed by atoms with E-state index in [1.165, 1.54) is 12.3 Å². The molecular formula is C11H16ClN3O3S. The average Bonchev–Trinajstić information content (AvgIpc) is 2.34. The molecule has 1 heterocycles. The van der Waals surface area contributed by atoms with Gasteiger partial charge < -0.3 is 5.73 Å². The van der Waals surface area contributed by atoms with Crippen molar-refractivity contribution < 1.29 is 13.2 Å². The van der Waals surface area contributed by atoms with Crippen LogP contribution in [0.2, 0.25) is 5.02 Å². The molecule has 0 unspecified atom stereocenters. The second-order valence-electron chi connectivity index (χ2n) is 3.96. The number of primary amides is 1. The van der Waals surface area contributed by atoms with E-state index in [0.29, 0.717) is 6.42 Å². The first-order valence-corrected chi connectivity index (χ1v) is 7.59. The SMILES string of the molecule is CCCCN(CC(N)=O)S(=O)(=O)c1cnccc1Cl. The Morgan fingerprint density at radius 1 is 1.53 bits per heavy atom. The van der Waals surface area contributed by atoms with Gasteiger partial charge >= 0.3 is 0 Å². The van der Waals surface area contributed by atoms with Crippen LogP contribution in [0, 0.1) is 0 Å². The van der Waals surface area contributed by atoms with Crippen molar-refractivity contribution in [3.63, 3.8) is 0 Å². The molecule has 1 amide bonds. The van der Waals surface area contributed by atoms with Gasteiger partial charge in [-0.15, -0.1) is 0 Å². The molecule has 0 atom stereocenters. The second kappa shape index (κ2) is 6.83. The van der Waals surface area contributed by atoms with Crippen LogP contribution < -0.4 is 5.73 Å². The lowest BCUT2D eigenvalue weighted by Gasteiger charge is -2.20. The number of carbonyl (C=O) groups is 1. The van der Waals surface area contributed by atoms with Gasteiger partial charge in [0.15, 0.2) is 0 Å². The van der Waals surface area contributed by atoms with Crippen LogP contribution in [0.4, 0.5) is 0 Å². The molecule has 0 spiro atoms. The van der Waals surface area contributed by atoms with E-state index in [-0.39, 0.29) is 23.0 Å². The van der Waals surface area contributed by atoms with Crippen LogP contribution in [-0.2, 0) is 14.8 Å². The van der Waals surface area contributed by atoms with E-state index in [0.717, 1.165) is 16.9 Å². The Morgan fingerprint density at radius 3 is 2.74 bits per heavy atom. The summed E-state index contributed by atoms with van der Waals surface area (Å²) in [6.07, 6.45) is 3.99. The standard InChI is InChI=1S/C11H16ClN3O3S/c1-2-3-6-15(8-11(13)16)19(17,18)10-7-14-5-4-9(10)12/h4-5,7H,2-3,6,8H2,1H3,(H2,13,16). The molecule has 0 aliphatic heterocycles. The monoisotopic (exact) mass is 305 g/mol. The minimum absolute atomic E-state index is 0.0703. The van der Waals surface area contributed by atoms with Gasteiger partial charge in [0, 0.05) is 18.9 Å². The van der Waals surface area contributed by atoms with Crippen molar-refractivity contribution in [3.05, 3.63) is 23.5 Å². The largest absolute Gasteiger partial charge is 0.369 e. The van der Waals surface area contributed by atoms with Gasteiger partial charge in [0.1, 0.15) is 4.90 Å². The minimum Gasteiger partial charge on any atom is -0.369 e. The zero-order valence-electron chi connectivity index (χ0n) is 10.5. The summed E-state index contributed by atoms with van der Waals surface area (Å²) in [6.45, 7) is 1.77. The van der Waals surface area contributed by atoms with Crippen LogP contribution in [-0.4, -0.2) is 36.7 Å². The number of amides is 1. The number of aromatic nitrogens is 1. The predicted octanol–water partition coefficient (Wildman–Crippen LogP) is 1.01. The number of hydrogen-bond donors (Lipinski definition) is 1. The van der Waals surface area contributed by atoms with E-state index in [4.69, 9.17) is 17.3 Å². The molecule has 19 heavy (non-hydrogen) atoms. The van der Waals surface area contributed by atoms with Crippen molar-refractivity contribution in [3.8, 4) is 0 Å². The molecule has 0 aromatic carbocycles. The van der Waals surface area contributed by atoms with Gasteiger partial charge in [0.2, 0.25) is 15.9 Å². The molecule has 0 aliphatic carbocycles. The van der Waals surface area contributed by atoms with E-state index >= 15 is 0 Å². The first-order valence-electron chi connectivity index (χ1n) is 5.77. The highest BCUT2D eigenvalue weighted by atomic mass is 35.5. The van der Waals surface area contributed by atoms with Gasteiger partial charge in [-0.25, -0.2) is 8.42 Å². The fourth-order valence-electron chi connectivity index (χ4n) is 1.48. The topological polar surface area (TPSA) is 93.4 Å². The molecule has 1 aromatic heterocycles. The molecule has 0 bridgehead atoms. The quantitative estimate of drug-likeness (QED) is 0.813. The summed E-state index contributed by atoms with van der Waals surface area (Å²) in [5, 5.41) is 0.0703. The van der Waals surface area contributed by atoms with E-state index in [9.17, 15) is 13.2 Å².